The van der Waals surface area contributed by atoms with Crippen LogP contribution in [0.5, 0.6) is 0 Å². The quantitative estimate of drug-likeness (QED) is 0.909. The number of aliphatic hydroxyl groups excluding tert-OH is 1. The summed E-state index contributed by atoms with van der Waals surface area (Å²) in [6, 6.07) is 5.69. The largest absolute Gasteiger partial charge is 0.396 e. The van der Waals surface area contributed by atoms with Gasteiger partial charge >= 0.3 is 0 Å². The summed E-state index contributed by atoms with van der Waals surface area (Å²) in [6.07, 6.45) is 4.58. The molecule has 0 radical (unpaired) electrons. The number of aromatic nitrogens is 2. The highest BCUT2D eigenvalue weighted by molar-refractivity contribution is 7.99. The second kappa shape index (κ2) is 6.84. The maximum atomic E-state index is 12.2. The van der Waals surface area contributed by atoms with Crippen LogP contribution in [0.4, 0.5) is 0 Å². The number of nitrogens with zero attached hydrogens (tertiary/aromatic N) is 1. The maximum Gasteiger partial charge on any atom is 0.258 e. The van der Waals surface area contributed by atoms with Crippen molar-refractivity contribution in [3.63, 3.8) is 0 Å². The lowest BCUT2D eigenvalue weighted by atomic mass is 9.90. The lowest BCUT2D eigenvalue weighted by molar-refractivity contribution is 0.192. The molecule has 1 heterocycles. The van der Waals surface area contributed by atoms with Crippen LogP contribution in [-0.4, -0.2) is 26.9 Å². The molecule has 2 atom stereocenters. The Bertz CT molecular complexity index is 713. The molecule has 2 aromatic rings. The molecule has 0 saturated heterocycles. The van der Waals surface area contributed by atoms with Crippen LogP contribution < -0.4 is 5.56 Å². The van der Waals surface area contributed by atoms with E-state index in [1.165, 1.54) is 12.8 Å². The zero-order valence-corrected chi connectivity index (χ0v) is 13.7. The first-order chi connectivity index (χ1) is 10.7. The van der Waals surface area contributed by atoms with Crippen molar-refractivity contribution in [2.45, 2.75) is 43.6 Å². The molecule has 1 fully saturated rings. The highest BCUT2D eigenvalue weighted by Crippen LogP contribution is 2.33. The Balaban J connectivity index is 1.74. The van der Waals surface area contributed by atoms with Crippen molar-refractivity contribution in [2.24, 2.45) is 5.92 Å². The molecule has 1 aromatic carbocycles. The lowest BCUT2D eigenvalue weighted by Gasteiger charge is -2.27. The van der Waals surface area contributed by atoms with Crippen molar-refractivity contribution >= 4 is 22.7 Å². The zero-order chi connectivity index (χ0) is 15.5. The first-order valence-corrected chi connectivity index (χ1v) is 8.93. The van der Waals surface area contributed by atoms with Gasteiger partial charge < -0.3 is 10.1 Å². The molecule has 3 rings (SSSR count). The average molecular weight is 318 g/mol. The highest BCUT2D eigenvalue weighted by Gasteiger charge is 2.22. The number of aryl methyl sites for hydroxylation is 1. The molecule has 2 N–H and O–H groups in total. The van der Waals surface area contributed by atoms with E-state index < -0.39 is 0 Å². The Kier molecular flexibility index (Phi) is 4.84. The predicted molar refractivity (Wildman–Crippen MR) is 91.2 cm³/mol. The van der Waals surface area contributed by atoms with Gasteiger partial charge in [-0.25, -0.2) is 4.98 Å². The summed E-state index contributed by atoms with van der Waals surface area (Å²) >= 11 is 1.85. The van der Waals surface area contributed by atoms with Crippen molar-refractivity contribution in [3.05, 3.63) is 39.9 Å². The van der Waals surface area contributed by atoms with Crippen LogP contribution in [0.1, 0.15) is 37.1 Å². The van der Waals surface area contributed by atoms with Crippen LogP contribution in [0.3, 0.4) is 0 Å². The Morgan fingerprint density at radius 1 is 1.41 bits per heavy atom. The monoisotopic (exact) mass is 318 g/mol. The minimum Gasteiger partial charge on any atom is -0.396 e. The summed E-state index contributed by atoms with van der Waals surface area (Å²) in [5.41, 5.74) is 1.78. The standard InChI is InChI=1S/C17H22N2O2S/c1-11-4-2-7-14-16(11)18-15(19-17(14)21)10-22-13-6-3-5-12(8-13)9-20/h2,4,7,12-13,20H,3,5-6,8-10H2,1H3,(H,18,19,21)/t12-,13+/m0/s1. The molecule has 1 aromatic heterocycles. The smallest absolute Gasteiger partial charge is 0.258 e. The molecular weight excluding hydrogens is 296 g/mol. The summed E-state index contributed by atoms with van der Waals surface area (Å²) in [5, 5.41) is 10.5. The fraction of sp³-hybridized carbons (Fsp3) is 0.529. The van der Waals surface area contributed by atoms with E-state index in [-0.39, 0.29) is 5.56 Å². The van der Waals surface area contributed by atoms with Crippen molar-refractivity contribution < 1.29 is 5.11 Å². The third-order valence-electron chi connectivity index (χ3n) is 4.44. The third-order valence-corrected chi connectivity index (χ3v) is 5.78. The number of thioether (sulfide) groups is 1. The fourth-order valence-electron chi connectivity index (χ4n) is 3.18. The summed E-state index contributed by atoms with van der Waals surface area (Å²) < 4.78 is 0. The molecule has 1 aliphatic carbocycles. The Hall–Kier alpha value is -1.33. The van der Waals surface area contributed by atoms with Gasteiger partial charge in [0.25, 0.3) is 5.56 Å². The molecule has 0 aliphatic heterocycles. The predicted octanol–water partition coefficient (Wildman–Crippen LogP) is 3.02. The van der Waals surface area contributed by atoms with Gasteiger partial charge in [0.15, 0.2) is 0 Å². The Morgan fingerprint density at radius 2 is 2.27 bits per heavy atom. The molecule has 1 saturated carbocycles. The van der Waals surface area contributed by atoms with Crippen LogP contribution in [0.25, 0.3) is 10.9 Å². The molecule has 22 heavy (non-hydrogen) atoms. The molecule has 1 aliphatic rings. The summed E-state index contributed by atoms with van der Waals surface area (Å²) in [5.74, 6) is 1.92. The molecule has 0 spiro atoms. The summed E-state index contributed by atoms with van der Waals surface area (Å²) in [6.45, 7) is 2.28. The number of nitrogens with one attached hydrogen (secondary N) is 1. The second-order valence-electron chi connectivity index (χ2n) is 6.13. The van der Waals surface area contributed by atoms with Crippen LogP contribution in [0, 0.1) is 12.8 Å². The number of hydrogen-bond donors (Lipinski definition) is 2. The van der Waals surface area contributed by atoms with E-state index in [9.17, 15) is 9.90 Å². The minimum atomic E-state index is -0.0545. The number of benzene rings is 1. The lowest BCUT2D eigenvalue weighted by Crippen LogP contribution is -2.20. The number of hydrogen-bond acceptors (Lipinski definition) is 4. The topological polar surface area (TPSA) is 66.0 Å². The van der Waals surface area contributed by atoms with Crippen LogP contribution in [0.2, 0.25) is 0 Å². The van der Waals surface area contributed by atoms with Crippen molar-refractivity contribution in [1.29, 1.82) is 0 Å². The van der Waals surface area contributed by atoms with Gasteiger partial charge in [-0.15, -0.1) is 0 Å². The van der Waals surface area contributed by atoms with E-state index in [4.69, 9.17) is 0 Å². The van der Waals surface area contributed by atoms with Crippen LogP contribution >= 0.6 is 11.8 Å². The number of para-hydroxylation sites is 1. The van der Waals surface area contributed by atoms with E-state index in [1.807, 2.05) is 36.9 Å². The zero-order valence-electron chi connectivity index (χ0n) is 12.8. The van der Waals surface area contributed by atoms with E-state index in [1.54, 1.807) is 0 Å². The third kappa shape index (κ3) is 3.36. The average Bonchev–Trinajstić information content (AvgIpc) is 2.54. The number of rotatable bonds is 4. The minimum absolute atomic E-state index is 0.0545. The van der Waals surface area contributed by atoms with Gasteiger partial charge in [-0.3, -0.25) is 4.79 Å². The number of H-pyrrole nitrogens is 1. The number of fused-ring (bicyclic) bond motifs is 1. The normalized spacial score (nSPS) is 22.1. The van der Waals surface area contributed by atoms with Gasteiger partial charge in [-0.05, 0) is 43.7 Å². The summed E-state index contributed by atoms with van der Waals surface area (Å²) in [7, 11) is 0. The first kappa shape index (κ1) is 15.6. The molecule has 4 nitrogen and oxygen atoms in total. The number of aliphatic hydroxyl groups is 1. The van der Waals surface area contributed by atoms with Crippen LogP contribution in [-0.2, 0) is 5.75 Å². The van der Waals surface area contributed by atoms with Gasteiger partial charge in [-0.2, -0.15) is 11.8 Å². The number of aromatic amines is 1. The van der Waals surface area contributed by atoms with Crippen molar-refractivity contribution in [2.75, 3.05) is 6.61 Å². The SMILES string of the molecule is Cc1cccc2c(=O)[nH]c(CS[C@@H]3CCC[C@H](CO)C3)nc12. The molecule has 0 bridgehead atoms. The van der Waals surface area contributed by atoms with Gasteiger partial charge in [0.1, 0.15) is 5.82 Å². The van der Waals surface area contributed by atoms with Crippen molar-refractivity contribution in [1.82, 2.24) is 9.97 Å². The summed E-state index contributed by atoms with van der Waals surface area (Å²) in [4.78, 5) is 19.7. The van der Waals surface area contributed by atoms with Gasteiger partial charge in [0, 0.05) is 11.9 Å². The molecule has 0 unspecified atom stereocenters. The van der Waals surface area contributed by atoms with E-state index in [2.05, 4.69) is 9.97 Å². The van der Waals surface area contributed by atoms with E-state index in [0.29, 0.717) is 23.2 Å². The molecule has 5 heteroatoms. The maximum absolute atomic E-state index is 12.2. The molecule has 118 valence electrons. The Morgan fingerprint density at radius 3 is 3.09 bits per heavy atom. The van der Waals surface area contributed by atoms with Gasteiger partial charge in [-0.1, -0.05) is 18.6 Å². The van der Waals surface area contributed by atoms with Gasteiger partial charge in [0.2, 0.25) is 0 Å². The molecule has 0 amide bonds. The van der Waals surface area contributed by atoms with E-state index >= 15 is 0 Å². The highest BCUT2D eigenvalue weighted by atomic mass is 32.2. The first-order valence-electron chi connectivity index (χ1n) is 7.88. The van der Waals surface area contributed by atoms with Crippen LogP contribution in [0.15, 0.2) is 23.0 Å². The second-order valence-corrected chi connectivity index (χ2v) is 7.42. The molecular formula is C17H22N2O2S. The Labute approximate surface area is 134 Å². The van der Waals surface area contributed by atoms with Crippen molar-refractivity contribution in [3.8, 4) is 0 Å². The van der Waals surface area contributed by atoms with Gasteiger partial charge in [0.05, 0.1) is 16.7 Å². The fourth-order valence-corrected chi connectivity index (χ4v) is 4.45. The van der Waals surface area contributed by atoms with E-state index in [0.717, 1.165) is 35.5 Å².